The molecule has 0 unspecified atom stereocenters. The van der Waals surface area contributed by atoms with Gasteiger partial charge in [-0.25, -0.2) is 0 Å². The van der Waals surface area contributed by atoms with E-state index in [4.69, 9.17) is 24.2 Å². The van der Waals surface area contributed by atoms with E-state index in [0.29, 0.717) is 75.7 Å². The number of ether oxygens (including phenoxy) is 4. The molecule has 0 aromatic heterocycles. The first-order valence-electron chi connectivity index (χ1n) is 23.4. The second-order valence-corrected chi connectivity index (χ2v) is 18.1. The van der Waals surface area contributed by atoms with Crippen LogP contribution in [0.15, 0.2) is 101 Å². The van der Waals surface area contributed by atoms with Crippen LogP contribution in [0.3, 0.4) is 0 Å². The standard InChI is InChI=1S/C55H53N5O10/c1-31-17-41-43(56-27-39-22-36-11-6-8-13-45(36)59(39)54(41)65)25-49(31)69-29-34-19-35(21-38(20-34)48(62)18-32(2)53(64)58-33(3)47(61)15-10-16-52(63)68-5)30-70-51-26-44-42(24-50(51)67-4)55(66)60-40(28-57-44)23-37-12-7-9-14-46(37)60/h6-9,11-14,17,19-21,24-28,32-33,39-40H,10,15-16,18,22-23,29-30H2,1-5H3,(H,58,64)/t32-,33+,39+,40+/m1/s1. The number of carbonyl (C=O) groups is 6. The van der Waals surface area contributed by atoms with Crippen LogP contribution in [0.4, 0.5) is 22.7 Å². The van der Waals surface area contributed by atoms with Crippen LogP contribution in [-0.4, -0.2) is 80.0 Å². The number of rotatable bonds is 17. The largest absolute Gasteiger partial charge is 0.493 e. The van der Waals surface area contributed by atoms with E-state index in [0.717, 1.165) is 28.1 Å². The summed E-state index contributed by atoms with van der Waals surface area (Å²) < 4.78 is 23.2. The van der Waals surface area contributed by atoms with Gasteiger partial charge in [-0.05, 0) is 90.6 Å². The number of anilines is 2. The average molecular weight is 944 g/mol. The minimum atomic E-state index is -0.816. The van der Waals surface area contributed by atoms with Crippen LogP contribution in [0.1, 0.15) is 98.4 Å². The molecule has 4 heterocycles. The van der Waals surface area contributed by atoms with Crippen LogP contribution in [0.2, 0.25) is 0 Å². The number of aryl methyl sites for hydroxylation is 1. The number of nitrogens with zero attached hydrogens (tertiary/aromatic N) is 4. The smallest absolute Gasteiger partial charge is 0.305 e. The third kappa shape index (κ3) is 9.56. The Morgan fingerprint density at radius 2 is 1.26 bits per heavy atom. The van der Waals surface area contributed by atoms with E-state index in [-0.39, 0.29) is 67.9 Å². The highest BCUT2D eigenvalue weighted by atomic mass is 16.5. The lowest BCUT2D eigenvalue weighted by Crippen LogP contribution is -2.41. The zero-order valence-electron chi connectivity index (χ0n) is 39.7. The van der Waals surface area contributed by atoms with E-state index in [9.17, 15) is 28.8 Å². The molecule has 0 aliphatic carbocycles. The first-order chi connectivity index (χ1) is 33.8. The first kappa shape index (κ1) is 47.1. The molecule has 15 heteroatoms. The van der Waals surface area contributed by atoms with Crippen molar-refractivity contribution in [2.24, 2.45) is 15.9 Å². The zero-order chi connectivity index (χ0) is 49.2. The minimum Gasteiger partial charge on any atom is -0.493 e. The van der Waals surface area contributed by atoms with Gasteiger partial charge in [-0.15, -0.1) is 0 Å². The van der Waals surface area contributed by atoms with Crippen molar-refractivity contribution in [1.29, 1.82) is 0 Å². The molecule has 5 aromatic rings. The molecule has 3 amide bonds. The van der Waals surface area contributed by atoms with Crippen molar-refractivity contribution in [3.8, 4) is 17.2 Å². The summed E-state index contributed by atoms with van der Waals surface area (Å²) in [5.41, 5.74) is 7.93. The third-order valence-electron chi connectivity index (χ3n) is 13.2. The van der Waals surface area contributed by atoms with Gasteiger partial charge in [0.05, 0.1) is 54.8 Å². The summed E-state index contributed by atoms with van der Waals surface area (Å²) in [6.07, 6.45) is 5.23. The maximum Gasteiger partial charge on any atom is 0.305 e. The van der Waals surface area contributed by atoms with E-state index in [1.807, 2.05) is 67.7 Å². The summed E-state index contributed by atoms with van der Waals surface area (Å²) >= 11 is 0. The average Bonchev–Trinajstić information content (AvgIpc) is 3.86. The Labute approximate surface area is 405 Å². The van der Waals surface area contributed by atoms with E-state index in [1.165, 1.54) is 14.2 Å². The van der Waals surface area contributed by atoms with Crippen molar-refractivity contribution < 1.29 is 47.7 Å². The third-order valence-corrected chi connectivity index (χ3v) is 13.2. The molecular weight excluding hydrogens is 891 g/mol. The van der Waals surface area contributed by atoms with Gasteiger partial charge >= 0.3 is 5.97 Å². The molecule has 0 saturated heterocycles. The summed E-state index contributed by atoms with van der Waals surface area (Å²) in [6, 6.07) is 26.6. The van der Waals surface area contributed by atoms with Gasteiger partial charge in [-0.1, -0.05) is 43.3 Å². The Hall–Kier alpha value is -7.94. The molecule has 4 aliphatic heterocycles. The van der Waals surface area contributed by atoms with Crippen molar-refractivity contribution in [2.75, 3.05) is 24.0 Å². The van der Waals surface area contributed by atoms with Crippen molar-refractivity contribution in [3.63, 3.8) is 0 Å². The van der Waals surface area contributed by atoms with Crippen molar-refractivity contribution >= 4 is 70.4 Å². The molecule has 4 atom stereocenters. The minimum absolute atomic E-state index is 0.0236. The maximum atomic E-state index is 14.1. The number of amides is 3. The quantitative estimate of drug-likeness (QED) is 0.0703. The number of ketones is 2. The van der Waals surface area contributed by atoms with Crippen LogP contribution in [0.25, 0.3) is 0 Å². The molecule has 0 bridgehead atoms. The second-order valence-electron chi connectivity index (χ2n) is 18.1. The van der Waals surface area contributed by atoms with Gasteiger partial charge in [0.2, 0.25) is 5.91 Å². The van der Waals surface area contributed by atoms with Gasteiger partial charge in [-0.3, -0.25) is 48.6 Å². The van der Waals surface area contributed by atoms with Gasteiger partial charge in [0.1, 0.15) is 19.0 Å². The van der Waals surface area contributed by atoms with Gasteiger partial charge in [0.25, 0.3) is 11.8 Å². The van der Waals surface area contributed by atoms with Gasteiger partial charge < -0.3 is 24.3 Å². The zero-order valence-corrected chi connectivity index (χ0v) is 39.7. The molecule has 358 valence electrons. The van der Waals surface area contributed by atoms with Gasteiger partial charge in [0, 0.05) is 79.5 Å². The summed E-state index contributed by atoms with van der Waals surface area (Å²) in [5, 5.41) is 2.72. The summed E-state index contributed by atoms with van der Waals surface area (Å²) in [6.45, 7) is 5.07. The monoisotopic (exact) mass is 943 g/mol. The molecule has 0 saturated carbocycles. The van der Waals surface area contributed by atoms with Gasteiger partial charge in [0.15, 0.2) is 23.1 Å². The Bertz CT molecular complexity index is 3020. The fraction of sp³-hybridized carbons (Fsp3) is 0.309. The molecule has 0 fully saturated rings. The number of Topliss-reactive ketones (excluding diaryl/α,β-unsaturated/α-hetero) is 2. The molecule has 1 N–H and O–H groups in total. The van der Waals surface area contributed by atoms with Crippen molar-refractivity contribution in [3.05, 3.63) is 136 Å². The number of para-hydroxylation sites is 2. The fourth-order valence-electron chi connectivity index (χ4n) is 9.45. The normalized spacial score (nSPS) is 16.9. The molecule has 9 rings (SSSR count). The van der Waals surface area contributed by atoms with Crippen LogP contribution in [-0.2, 0) is 45.2 Å². The highest BCUT2D eigenvalue weighted by molar-refractivity contribution is 6.16. The Morgan fingerprint density at radius 3 is 1.84 bits per heavy atom. The predicted molar refractivity (Wildman–Crippen MR) is 264 cm³/mol. The highest BCUT2D eigenvalue weighted by Crippen LogP contribution is 2.42. The highest BCUT2D eigenvalue weighted by Gasteiger charge is 2.38. The Kier molecular flexibility index (Phi) is 13.4. The number of fused-ring (bicyclic) bond motifs is 8. The molecule has 5 aromatic carbocycles. The van der Waals surface area contributed by atoms with Crippen molar-refractivity contribution in [2.45, 2.75) is 90.6 Å². The molecular formula is C55H53N5O10. The van der Waals surface area contributed by atoms with Crippen LogP contribution < -0.4 is 29.3 Å². The maximum absolute atomic E-state index is 14.1. The number of nitrogens with one attached hydrogen (secondary N) is 1. The van der Waals surface area contributed by atoms with Crippen LogP contribution in [0.5, 0.6) is 17.2 Å². The number of hydrogen-bond acceptors (Lipinski definition) is 12. The Morgan fingerprint density at radius 1 is 0.700 bits per heavy atom. The van der Waals surface area contributed by atoms with E-state index < -0.39 is 23.8 Å². The lowest BCUT2D eigenvalue weighted by molar-refractivity contribution is -0.140. The van der Waals surface area contributed by atoms with Crippen LogP contribution >= 0.6 is 0 Å². The Balaban J connectivity index is 0.949. The fourth-order valence-corrected chi connectivity index (χ4v) is 9.45. The van der Waals surface area contributed by atoms with Crippen molar-refractivity contribution in [1.82, 2.24) is 5.32 Å². The number of esters is 1. The van der Waals surface area contributed by atoms with E-state index >= 15 is 0 Å². The van der Waals surface area contributed by atoms with Crippen LogP contribution in [0, 0.1) is 12.8 Å². The van der Waals surface area contributed by atoms with E-state index in [2.05, 4.69) is 10.1 Å². The van der Waals surface area contributed by atoms with Gasteiger partial charge in [-0.2, -0.15) is 0 Å². The lowest BCUT2D eigenvalue weighted by Gasteiger charge is -2.22. The predicted octanol–water partition coefficient (Wildman–Crippen LogP) is 8.36. The summed E-state index contributed by atoms with van der Waals surface area (Å²) in [5.74, 6) is -1.39. The number of methoxy groups -OCH3 is 2. The topological polar surface area (TPSA) is 183 Å². The second kappa shape index (κ2) is 20.0. The number of hydrogen-bond donors (Lipinski definition) is 1. The molecule has 4 aliphatic rings. The molecule has 0 radical (unpaired) electrons. The number of aliphatic imine (C=N–C) groups is 2. The number of benzene rings is 5. The lowest BCUT2D eigenvalue weighted by atomic mass is 9.96. The summed E-state index contributed by atoms with van der Waals surface area (Å²) in [7, 11) is 2.78. The number of carbonyl (C=O) groups excluding carboxylic acids is 6. The first-order valence-corrected chi connectivity index (χ1v) is 23.4. The summed E-state index contributed by atoms with van der Waals surface area (Å²) in [4.78, 5) is 92.7. The SMILES string of the molecule is COC(=O)CCCC(=O)[C@H](C)NC(=O)[C@H](C)CC(=O)c1cc(COc2cc3c(cc2C)C(=O)N2c4ccccc4C[C@H]2C=N3)cc(COc2cc3c(cc2OC)C(=O)N2c4ccccc4C[C@H]2C=N3)c1. The molecule has 15 nitrogen and oxygen atoms in total. The molecule has 70 heavy (non-hydrogen) atoms. The molecule has 0 spiro atoms. The van der Waals surface area contributed by atoms with E-state index in [1.54, 1.807) is 66.3 Å².